The molecule has 0 saturated carbocycles. The molecule has 0 atom stereocenters. The number of rotatable bonds is 7. The van der Waals surface area contributed by atoms with Gasteiger partial charge in [-0.05, 0) is 25.5 Å². The van der Waals surface area contributed by atoms with Gasteiger partial charge in [-0.15, -0.1) is 0 Å². The van der Waals surface area contributed by atoms with E-state index in [2.05, 4.69) is 11.4 Å². The van der Waals surface area contributed by atoms with Crippen molar-refractivity contribution < 1.29 is 9.47 Å². The maximum Gasteiger partial charge on any atom is 0.143 e. The third-order valence-corrected chi connectivity index (χ3v) is 2.32. The van der Waals surface area contributed by atoms with Crippen LogP contribution in [0, 0.1) is 11.3 Å². The lowest BCUT2D eigenvalue weighted by Gasteiger charge is -2.11. The van der Waals surface area contributed by atoms with Crippen molar-refractivity contribution >= 4 is 5.69 Å². The Bertz CT molecular complexity index is 385. The van der Waals surface area contributed by atoms with Crippen molar-refractivity contribution in [3.05, 3.63) is 23.8 Å². The van der Waals surface area contributed by atoms with Crippen LogP contribution in [0.15, 0.2) is 18.2 Å². The fourth-order valence-corrected chi connectivity index (χ4v) is 1.45. The third-order valence-electron chi connectivity index (χ3n) is 2.32. The van der Waals surface area contributed by atoms with E-state index in [0.29, 0.717) is 11.3 Å². The average Bonchev–Trinajstić information content (AvgIpc) is 2.38. The van der Waals surface area contributed by atoms with Gasteiger partial charge in [0.05, 0.1) is 24.4 Å². The fraction of sp³-hybridized carbons (Fsp3) is 0.462. The fourth-order valence-electron chi connectivity index (χ4n) is 1.45. The Labute approximate surface area is 102 Å². The van der Waals surface area contributed by atoms with Gasteiger partial charge in [-0.3, -0.25) is 0 Å². The Kier molecular flexibility index (Phi) is 5.91. The van der Waals surface area contributed by atoms with Crippen LogP contribution in [0.3, 0.4) is 0 Å². The molecule has 0 unspecified atom stereocenters. The number of nitrogens with zero attached hydrogens (tertiary/aromatic N) is 1. The highest BCUT2D eigenvalue weighted by molar-refractivity contribution is 5.59. The van der Waals surface area contributed by atoms with Crippen LogP contribution in [-0.2, 0) is 4.74 Å². The van der Waals surface area contributed by atoms with E-state index in [1.165, 1.54) is 0 Å². The first kappa shape index (κ1) is 13.3. The topological polar surface area (TPSA) is 54.3 Å². The summed E-state index contributed by atoms with van der Waals surface area (Å²) in [5.41, 5.74) is 1.50. The minimum absolute atomic E-state index is 0.599. The second-order valence-electron chi connectivity index (χ2n) is 3.50. The predicted molar refractivity (Wildman–Crippen MR) is 67.3 cm³/mol. The molecule has 1 aromatic rings. The molecule has 0 fully saturated rings. The molecule has 92 valence electrons. The number of ether oxygens (including phenoxy) is 2. The zero-order chi connectivity index (χ0) is 12.5. The van der Waals surface area contributed by atoms with Crippen molar-refractivity contribution in [3.8, 4) is 11.8 Å². The molecule has 0 aliphatic rings. The van der Waals surface area contributed by atoms with E-state index in [1.807, 2.05) is 13.0 Å². The summed E-state index contributed by atoms with van der Waals surface area (Å²) in [6.07, 6.45) is 0.941. The lowest BCUT2D eigenvalue weighted by Crippen LogP contribution is -2.06. The maximum atomic E-state index is 8.78. The zero-order valence-electron chi connectivity index (χ0n) is 10.3. The summed E-state index contributed by atoms with van der Waals surface area (Å²) >= 11 is 0. The van der Waals surface area contributed by atoms with E-state index in [9.17, 15) is 0 Å². The van der Waals surface area contributed by atoms with Crippen molar-refractivity contribution in [1.82, 2.24) is 0 Å². The SMILES string of the molecule is CCOCCCNc1ccc(C#N)cc1OC. The molecular weight excluding hydrogens is 216 g/mol. The van der Waals surface area contributed by atoms with E-state index in [1.54, 1.807) is 19.2 Å². The first-order chi connectivity index (χ1) is 8.31. The highest BCUT2D eigenvalue weighted by Gasteiger charge is 2.03. The van der Waals surface area contributed by atoms with E-state index >= 15 is 0 Å². The number of nitrogens with one attached hydrogen (secondary N) is 1. The van der Waals surface area contributed by atoms with Crippen LogP contribution in [0.4, 0.5) is 5.69 Å². The number of hydrogen-bond acceptors (Lipinski definition) is 4. The van der Waals surface area contributed by atoms with Gasteiger partial charge in [-0.1, -0.05) is 0 Å². The minimum atomic E-state index is 0.599. The molecule has 0 bridgehead atoms. The Balaban J connectivity index is 2.50. The Morgan fingerprint density at radius 2 is 2.24 bits per heavy atom. The lowest BCUT2D eigenvalue weighted by molar-refractivity contribution is 0.147. The van der Waals surface area contributed by atoms with Gasteiger partial charge >= 0.3 is 0 Å². The molecule has 17 heavy (non-hydrogen) atoms. The van der Waals surface area contributed by atoms with Crippen molar-refractivity contribution in [2.75, 3.05) is 32.2 Å². The quantitative estimate of drug-likeness (QED) is 0.736. The summed E-state index contributed by atoms with van der Waals surface area (Å²) < 4.78 is 10.5. The van der Waals surface area contributed by atoms with Gasteiger partial charge in [0.15, 0.2) is 0 Å². The molecule has 4 nitrogen and oxygen atoms in total. The summed E-state index contributed by atoms with van der Waals surface area (Å²) in [4.78, 5) is 0. The van der Waals surface area contributed by atoms with Gasteiger partial charge in [0.1, 0.15) is 5.75 Å². The number of anilines is 1. The van der Waals surface area contributed by atoms with Crippen LogP contribution in [0.5, 0.6) is 5.75 Å². The number of hydrogen-bond donors (Lipinski definition) is 1. The number of nitriles is 1. The van der Waals surface area contributed by atoms with E-state index in [0.717, 1.165) is 31.9 Å². The van der Waals surface area contributed by atoms with Gasteiger partial charge in [0.2, 0.25) is 0 Å². The van der Waals surface area contributed by atoms with Gasteiger partial charge in [-0.25, -0.2) is 0 Å². The zero-order valence-corrected chi connectivity index (χ0v) is 10.3. The van der Waals surface area contributed by atoms with Crippen molar-refractivity contribution in [2.45, 2.75) is 13.3 Å². The van der Waals surface area contributed by atoms with Crippen LogP contribution in [0.1, 0.15) is 18.9 Å². The Morgan fingerprint density at radius 1 is 1.41 bits per heavy atom. The van der Waals surface area contributed by atoms with E-state index < -0.39 is 0 Å². The van der Waals surface area contributed by atoms with E-state index in [4.69, 9.17) is 14.7 Å². The molecule has 4 heteroatoms. The van der Waals surface area contributed by atoms with Crippen LogP contribution in [-0.4, -0.2) is 26.9 Å². The molecule has 0 radical (unpaired) electrons. The molecule has 1 aromatic carbocycles. The smallest absolute Gasteiger partial charge is 0.143 e. The minimum Gasteiger partial charge on any atom is -0.495 e. The first-order valence-electron chi connectivity index (χ1n) is 5.71. The van der Waals surface area contributed by atoms with Gasteiger partial charge in [-0.2, -0.15) is 5.26 Å². The second kappa shape index (κ2) is 7.53. The summed E-state index contributed by atoms with van der Waals surface area (Å²) in [6, 6.07) is 7.44. The number of methoxy groups -OCH3 is 1. The normalized spacial score (nSPS) is 9.71. The second-order valence-corrected chi connectivity index (χ2v) is 3.50. The number of benzene rings is 1. The molecule has 0 heterocycles. The van der Waals surface area contributed by atoms with E-state index in [-0.39, 0.29) is 0 Å². The standard InChI is InChI=1S/C13H18N2O2/c1-3-17-8-4-7-15-12-6-5-11(10-14)9-13(12)16-2/h5-6,9,15H,3-4,7-8H2,1-2H3. The molecular formula is C13H18N2O2. The molecule has 0 saturated heterocycles. The summed E-state index contributed by atoms with van der Waals surface area (Å²) in [5, 5.41) is 12.0. The predicted octanol–water partition coefficient (Wildman–Crippen LogP) is 2.41. The molecule has 0 aromatic heterocycles. The molecule has 0 aliphatic heterocycles. The van der Waals surface area contributed by atoms with Crippen LogP contribution in [0.2, 0.25) is 0 Å². The molecule has 0 amide bonds. The molecule has 0 aliphatic carbocycles. The average molecular weight is 234 g/mol. The van der Waals surface area contributed by atoms with Crippen LogP contribution >= 0.6 is 0 Å². The van der Waals surface area contributed by atoms with Crippen molar-refractivity contribution in [2.24, 2.45) is 0 Å². The highest BCUT2D eigenvalue weighted by atomic mass is 16.5. The van der Waals surface area contributed by atoms with Crippen LogP contribution in [0.25, 0.3) is 0 Å². The van der Waals surface area contributed by atoms with Crippen molar-refractivity contribution in [3.63, 3.8) is 0 Å². The highest BCUT2D eigenvalue weighted by Crippen LogP contribution is 2.25. The summed E-state index contributed by atoms with van der Waals surface area (Å²) in [5.74, 6) is 0.695. The monoisotopic (exact) mass is 234 g/mol. The lowest BCUT2D eigenvalue weighted by atomic mass is 10.2. The van der Waals surface area contributed by atoms with Crippen molar-refractivity contribution in [1.29, 1.82) is 5.26 Å². The Morgan fingerprint density at radius 3 is 2.88 bits per heavy atom. The largest absolute Gasteiger partial charge is 0.495 e. The van der Waals surface area contributed by atoms with Gasteiger partial charge in [0.25, 0.3) is 0 Å². The molecule has 0 spiro atoms. The van der Waals surface area contributed by atoms with Gasteiger partial charge in [0, 0.05) is 25.8 Å². The Hall–Kier alpha value is -1.73. The van der Waals surface area contributed by atoms with Gasteiger partial charge < -0.3 is 14.8 Å². The maximum absolute atomic E-state index is 8.78. The summed E-state index contributed by atoms with van der Waals surface area (Å²) in [7, 11) is 1.60. The molecule has 1 rings (SSSR count). The summed E-state index contributed by atoms with van der Waals surface area (Å²) in [6.45, 7) is 4.31. The third kappa shape index (κ3) is 4.33. The molecule has 1 N–H and O–H groups in total. The first-order valence-corrected chi connectivity index (χ1v) is 5.71. The van der Waals surface area contributed by atoms with Crippen LogP contribution < -0.4 is 10.1 Å².